The quantitative estimate of drug-likeness (QED) is 0.681. The summed E-state index contributed by atoms with van der Waals surface area (Å²) in [5.74, 6) is 0.569. The van der Waals surface area contributed by atoms with Crippen LogP contribution in [0, 0.1) is 5.92 Å². The van der Waals surface area contributed by atoms with Crippen LogP contribution in [0.4, 0.5) is 5.69 Å². The van der Waals surface area contributed by atoms with Crippen LogP contribution in [-0.4, -0.2) is 54.3 Å². The number of nitrogens with zero attached hydrogens (tertiary/aromatic N) is 3. The van der Waals surface area contributed by atoms with Gasteiger partial charge in [-0.3, -0.25) is 14.5 Å². The lowest BCUT2D eigenvalue weighted by Crippen LogP contribution is -2.46. The molecule has 170 valence electrons. The van der Waals surface area contributed by atoms with Crippen LogP contribution in [0.1, 0.15) is 44.1 Å². The highest BCUT2D eigenvalue weighted by Gasteiger charge is 2.30. The van der Waals surface area contributed by atoms with Crippen LogP contribution in [-0.2, 0) is 16.1 Å². The van der Waals surface area contributed by atoms with Gasteiger partial charge in [-0.25, -0.2) is 0 Å². The molecule has 32 heavy (non-hydrogen) atoms. The van der Waals surface area contributed by atoms with Crippen LogP contribution in [0.5, 0.6) is 0 Å². The SMILES string of the molecule is O=C(C1CCN(CC(=O)N(Cc2ccccc2)c2ccccc2)CC1)N1CCCCCC1. The molecule has 2 saturated heterocycles. The van der Waals surface area contributed by atoms with Gasteiger partial charge in [0.15, 0.2) is 0 Å². The van der Waals surface area contributed by atoms with Gasteiger partial charge in [-0.2, -0.15) is 0 Å². The van der Waals surface area contributed by atoms with Gasteiger partial charge in [-0.15, -0.1) is 0 Å². The first-order chi connectivity index (χ1) is 15.7. The highest BCUT2D eigenvalue weighted by atomic mass is 16.2. The van der Waals surface area contributed by atoms with E-state index in [1.54, 1.807) is 0 Å². The molecule has 0 aromatic heterocycles. The summed E-state index contributed by atoms with van der Waals surface area (Å²) in [5, 5.41) is 0. The molecule has 0 N–H and O–H groups in total. The fourth-order valence-electron chi connectivity index (χ4n) is 4.86. The van der Waals surface area contributed by atoms with Gasteiger partial charge in [0.1, 0.15) is 0 Å². The second-order valence-corrected chi connectivity index (χ2v) is 9.09. The van der Waals surface area contributed by atoms with Gasteiger partial charge in [-0.05, 0) is 56.5 Å². The van der Waals surface area contributed by atoms with E-state index in [-0.39, 0.29) is 11.8 Å². The minimum Gasteiger partial charge on any atom is -0.342 e. The summed E-state index contributed by atoms with van der Waals surface area (Å²) >= 11 is 0. The Morgan fingerprint density at radius 3 is 2.00 bits per heavy atom. The fourth-order valence-corrected chi connectivity index (χ4v) is 4.86. The smallest absolute Gasteiger partial charge is 0.241 e. The lowest BCUT2D eigenvalue weighted by molar-refractivity contribution is -0.137. The van der Waals surface area contributed by atoms with E-state index in [4.69, 9.17) is 0 Å². The van der Waals surface area contributed by atoms with Crippen molar-refractivity contribution >= 4 is 17.5 Å². The first-order valence-electron chi connectivity index (χ1n) is 12.1. The number of rotatable bonds is 6. The lowest BCUT2D eigenvalue weighted by atomic mass is 9.95. The number of likely N-dealkylation sites (tertiary alicyclic amines) is 2. The molecule has 5 heteroatoms. The Hall–Kier alpha value is -2.66. The number of anilines is 1. The molecule has 2 aromatic rings. The Kier molecular flexibility index (Phi) is 7.94. The Bertz CT molecular complexity index is 855. The highest BCUT2D eigenvalue weighted by molar-refractivity contribution is 5.94. The maximum absolute atomic E-state index is 13.3. The number of hydrogen-bond acceptors (Lipinski definition) is 3. The van der Waals surface area contributed by atoms with E-state index in [1.165, 1.54) is 12.8 Å². The molecule has 2 aromatic carbocycles. The molecule has 0 bridgehead atoms. The van der Waals surface area contributed by atoms with Crippen molar-refractivity contribution in [2.24, 2.45) is 5.92 Å². The Morgan fingerprint density at radius 1 is 0.781 bits per heavy atom. The molecule has 0 aliphatic carbocycles. The summed E-state index contributed by atoms with van der Waals surface area (Å²) in [6.07, 6.45) is 6.46. The Labute approximate surface area is 192 Å². The fraction of sp³-hybridized carbons (Fsp3) is 0.481. The second-order valence-electron chi connectivity index (χ2n) is 9.09. The van der Waals surface area contributed by atoms with Gasteiger partial charge in [0.2, 0.25) is 11.8 Å². The van der Waals surface area contributed by atoms with Crippen LogP contribution >= 0.6 is 0 Å². The van der Waals surface area contributed by atoms with Crippen molar-refractivity contribution in [1.82, 2.24) is 9.80 Å². The summed E-state index contributed by atoms with van der Waals surface area (Å²) in [5.41, 5.74) is 2.04. The highest BCUT2D eigenvalue weighted by Crippen LogP contribution is 2.23. The van der Waals surface area contributed by atoms with Crippen LogP contribution in [0.15, 0.2) is 60.7 Å². The van der Waals surface area contributed by atoms with E-state index in [0.717, 1.165) is 63.1 Å². The third-order valence-corrected chi connectivity index (χ3v) is 6.77. The first-order valence-corrected chi connectivity index (χ1v) is 12.1. The average Bonchev–Trinajstić information content (AvgIpc) is 3.13. The maximum Gasteiger partial charge on any atom is 0.241 e. The van der Waals surface area contributed by atoms with Crippen LogP contribution in [0.2, 0.25) is 0 Å². The van der Waals surface area contributed by atoms with E-state index in [0.29, 0.717) is 19.0 Å². The minimum atomic E-state index is 0.109. The van der Waals surface area contributed by atoms with Gasteiger partial charge in [-0.1, -0.05) is 61.4 Å². The lowest BCUT2D eigenvalue weighted by Gasteiger charge is -2.34. The normalized spacial score (nSPS) is 18.2. The predicted octanol–water partition coefficient (Wildman–Crippen LogP) is 4.33. The largest absolute Gasteiger partial charge is 0.342 e. The molecule has 2 heterocycles. The minimum absolute atomic E-state index is 0.109. The van der Waals surface area contributed by atoms with Gasteiger partial charge in [0.25, 0.3) is 0 Å². The van der Waals surface area contributed by atoms with E-state index in [1.807, 2.05) is 53.4 Å². The average molecular weight is 434 g/mol. The van der Waals surface area contributed by atoms with Crippen molar-refractivity contribution in [3.63, 3.8) is 0 Å². The molecular formula is C27H35N3O2. The van der Waals surface area contributed by atoms with Crippen LogP contribution < -0.4 is 4.90 Å². The summed E-state index contributed by atoms with van der Waals surface area (Å²) in [7, 11) is 0. The maximum atomic E-state index is 13.3. The molecule has 0 radical (unpaired) electrons. The topological polar surface area (TPSA) is 43.9 Å². The number of benzene rings is 2. The number of amides is 2. The van der Waals surface area contributed by atoms with Gasteiger partial charge in [0, 0.05) is 24.7 Å². The van der Waals surface area contributed by atoms with Gasteiger partial charge in [0.05, 0.1) is 13.1 Å². The molecule has 5 nitrogen and oxygen atoms in total. The standard InChI is InChI=1S/C27H35N3O2/c31-26(30(25-13-7-4-8-14-25)21-23-11-5-3-6-12-23)22-28-19-15-24(16-20-28)27(32)29-17-9-1-2-10-18-29/h3-8,11-14,24H,1-2,9-10,15-22H2. The van der Waals surface area contributed by atoms with Gasteiger partial charge >= 0.3 is 0 Å². The number of para-hydroxylation sites is 1. The van der Waals surface area contributed by atoms with E-state index in [2.05, 4.69) is 21.9 Å². The number of carbonyl (C=O) groups is 2. The molecule has 2 amide bonds. The second kappa shape index (κ2) is 11.3. The van der Waals surface area contributed by atoms with Crippen molar-refractivity contribution in [2.75, 3.05) is 37.6 Å². The van der Waals surface area contributed by atoms with Crippen LogP contribution in [0.25, 0.3) is 0 Å². The molecule has 0 spiro atoms. The Morgan fingerprint density at radius 2 is 1.38 bits per heavy atom. The van der Waals surface area contributed by atoms with Gasteiger partial charge < -0.3 is 9.80 Å². The Balaban J connectivity index is 1.34. The molecule has 0 atom stereocenters. The predicted molar refractivity (Wildman–Crippen MR) is 128 cm³/mol. The van der Waals surface area contributed by atoms with Crippen molar-refractivity contribution in [3.05, 3.63) is 66.2 Å². The third-order valence-electron chi connectivity index (χ3n) is 6.77. The zero-order valence-corrected chi connectivity index (χ0v) is 19.0. The molecule has 4 rings (SSSR count). The molecule has 2 fully saturated rings. The number of piperidine rings is 1. The van der Waals surface area contributed by atoms with Crippen molar-refractivity contribution < 1.29 is 9.59 Å². The number of carbonyl (C=O) groups excluding carboxylic acids is 2. The summed E-state index contributed by atoms with van der Waals surface area (Å²) < 4.78 is 0. The zero-order valence-electron chi connectivity index (χ0n) is 19.0. The van der Waals surface area contributed by atoms with Crippen molar-refractivity contribution in [3.8, 4) is 0 Å². The molecular weight excluding hydrogens is 398 g/mol. The summed E-state index contributed by atoms with van der Waals surface area (Å²) in [6, 6.07) is 20.0. The summed E-state index contributed by atoms with van der Waals surface area (Å²) in [6.45, 7) is 4.42. The van der Waals surface area contributed by atoms with E-state index in [9.17, 15) is 9.59 Å². The zero-order chi connectivity index (χ0) is 22.2. The monoisotopic (exact) mass is 433 g/mol. The van der Waals surface area contributed by atoms with Crippen molar-refractivity contribution in [2.45, 2.75) is 45.1 Å². The van der Waals surface area contributed by atoms with E-state index < -0.39 is 0 Å². The molecule has 2 aliphatic rings. The molecule has 0 unspecified atom stereocenters. The molecule has 2 aliphatic heterocycles. The van der Waals surface area contributed by atoms with E-state index >= 15 is 0 Å². The van der Waals surface area contributed by atoms with Crippen LogP contribution in [0.3, 0.4) is 0 Å². The first kappa shape index (κ1) is 22.5. The number of hydrogen-bond donors (Lipinski definition) is 0. The molecule has 0 saturated carbocycles. The van der Waals surface area contributed by atoms with Crippen molar-refractivity contribution in [1.29, 1.82) is 0 Å². The third kappa shape index (κ3) is 5.98. The summed E-state index contributed by atoms with van der Waals surface area (Å²) in [4.78, 5) is 32.5.